The summed E-state index contributed by atoms with van der Waals surface area (Å²) in [4.78, 5) is 28.2. The zero-order valence-corrected chi connectivity index (χ0v) is 17.9. The van der Waals surface area contributed by atoms with E-state index in [1.807, 2.05) is 24.3 Å². The fourth-order valence-electron chi connectivity index (χ4n) is 2.38. The third-order valence-electron chi connectivity index (χ3n) is 3.85. The fraction of sp³-hybridized carbons (Fsp3) is 0.150. The number of thioether (sulfide) groups is 1. The van der Waals surface area contributed by atoms with Crippen LogP contribution in [0.2, 0.25) is 0 Å². The number of ether oxygens (including phenoxy) is 2. The van der Waals surface area contributed by atoms with E-state index in [0.717, 1.165) is 10.2 Å². The Kier molecular flexibility index (Phi) is 6.60. The summed E-state index contributed by atoms with van der Waals surface area (Å²) in [6.45, 7) is 1.43. The van der Waals surface area contributed by atoms with E-state index in [1.54, 1.807) is 24.3 Å². The maximum Gasteiger partial charge on any atom is 0.344 e. The Morgan fingerprint density at radius 3 is 2.62 bits per heavy atom. The van der Waals surface area contributed by atoms with E-state index in [4.69, 9.17) is 14.6 Å². The molecule has 0 saturated carbocycles. The number of benzene rings is 2. The predicted octanol–water partition coefficient (Wildman–Crippen LogP) is 4.20. The number of carbonyl (C=O) groups excluding carboxylic acids is 1. The number of rotatable bonds is 6. The molecule has 1 fully saturated rings. The number of nitrogens with zero attached hydrogens (tertiary/aromatic N) is 1. The lowest BCUT2D eigenvalue weighted by Gasteiger charge is -2.14. The Hall–Kier alpha value is -2.78. The van der Waals surface area contributed by atoms with Crippen molar-refractivity contribution in [1.82, 2.24) is 5.32 Å². The summed E-state index contributed by atoms with van der Waals surface area (Å²) in [7, 11) is 1.46. The number of methoxy groups -OCH3 is 1. The molecule has 0 bridgehead atoms. The van der Waals surface area contributed by atoms with E-state index >= 15 is 0 Å². The standard InChI is InChI=1S/C20H17BrN2O5S/c1-11(19(25)26)28-15-8-3-12(9-16(15)27-2)10-17-18(24)23-20(29-17)22-14-6-4-13(21)5-7-14/h3-11H,1-2H3,(H,25,26)(H,22,23,24). The molecule has 1 aliphatic rings. The molecule has 29 heavy (non-hydrogen) atoms. The molecule has 150 valence electrons. The molecule has 0 aliphatic carbocycles. The molecule has 7 nitrogen and oxygen atoms in total. The molecule has 0 spiro atoms. The van der Waals surface area contributed by atoms with Crippen LogP contribution in [0, 0.1) is 0 Å². The summed E-state index contributed by atoms with van der Waals surface area (Å²) in [6.07, 6.45) is 0.693. The number of aliphatic carboxylic acids is 1. The fourth-order valence-corrected chi connectivity index (χ4v) is 3.48. The van der Waals surface area contributed by atoms with Crippen LogP contribution in [0.1, 0.15) is 12.5 Å². The third kappa shape index (κ3) is 5.39. The molecule has 1 unspecified atom stereocenters. The zero-order valence-electron chi connectivity index (χ0n) is 15.5. The van der Waals surface area contributed by atoms with Crippen molar-refractivity contribution in [2.24, 2.45) is 4.99 Å². The number of hydrogen-bond donors (Lipinski definition) is 2. The van der Waals surface area contributed by atoms with Crippen LogP contribution in [0.4, 0.5) is 5.69 Å². The van der Waals surface area contributed by atoms with Crippen molar-refractivity contribution >= 4 is 56.5 Å². The van der Waals surface area contributed by atoms with E-state index in [0.29, 0.717) is 27.1 Å². The highest BCUT2D eigenvalue weighted by molar-refractivity contribution is 9.10. The van der Waals surface area contributed by atoms with Gasteiger partial charge in [-0.15, -0.1) is 0 Å². The molecular weight excluding hydrogens is 460 g/mol. The molecule has 0 radical (unpaired) electrons. The topological polar surface area (TPSA) is 97.2 Å². The monoisotopic (exact) mass is 476 g/mol. The zero-order chi connectivity index (χ0) is 21.0. The number of amidine groups is 1. The Morgan fingerprint density at radius 1 is 1.24 bits per heavy atom. The Bertz CT molecular complexity index is 1000. The van der Waals surface area contributed by atoms with Crippen molar-refractivity contribution in [3.63, 3.8) is 0 Å². The minimum Gasteiger partial charge on any atom is -0.493 e. The average Bonchev–Trinajstić information content (AvgIpc) is 3.03. The van der Waals surface area contributed by atoms with Gasteiger partial charge in [0.2, 0.25) is 0 Å². The second-order valence-corrected chi connectivity index (χ2v) is 7.91. The van der Waals surface area contributed by atoms with E-state index in [-0.39, 0.29) is 5.91 Å². The number of aliphatic imine (C=N–C) groups is 1. The van der Waals surface area contributed by atoms with Crippen LogP contribution in [0.25, 0.3) is 6.08 Å². The molecule has 1 aliphatic heterocycles. The summed E-state index contributed by atoms with van der Waals surface area (Å²) in [5.41, 5.74) is 1.44. The Morgan fingerprint density at radius 2 is 1.97 bits per heavy atom. The molecule has 2 aromatic carbocycles. The predicted molar refractivity (Wildman–Crippen MR) is 116 cm³/mol. The van der Waals surface area contributed by atoms with Gasteiger partial charge < -0.3 is 19.9 Å². The summed E-state index contributed by atoms with van der Waals surface area (Å²) < 4.78 is 11.6. The van der Waals surface area contributed by atoms with Gasteiger partial charge >= 0.3 is 5.97 Å². The Balaban J connectivity index is 1.79. The van der Waals surface area contributed by atoms with Gasteiger partial charge in [-0.05, 0) is 66.7 Å². The van der Waals surface area contributed by atoms with Gasteiger partial charge in [-0.3, -0.25) is 4.79 Å². The lowest BCUT2D eigenvalue weighted by atomic mass is 10.2. The number of halogens is 1. The SMILES string of the molecule is COc1cc(C=C2SC(=Nc3ccc(Br)cc3)NC2=O)ccc1OC(C)C(=O)O. The molecule has 1 saturated heterocycles. The van der Waals surface area contributed by atoms with Crippen molar-refractivity contribution in [1.29, 1.82) is 0 Å². The number of hydrogen-bond acceptors (Lipinski definition) is 6. The van der Waals surface area contributed by atoms with Crippen LogP contribution in [0.5, 0.6) is 11.5 Å². The van der Waals surface area contributed by atoms with Gasteiger partial charge in [-0.2, -0.15) is 0 Å². The number of nitrogens with one attached hydrogen (secondary N) is 1. The second-order valence-electron chi connectivity index (χ2n) is 5.97. The highest BCUT2D eigenvalue weighted by Crippen LogP contribution is 2.32. The number of amides is 1. The summed E-state index contributed by atoms with van der Waals surface area (Å²) in [5.74, 6) is -0.635. The number of carbonyl (C=O) groups is 2. The summed E-state index contributed by atoms with van der Waals surface area (Å²) >= 11 is 4.60. The highest BCUT2D eigenvalue weighted by atomic mass is 79.9. The second kappa shape index (κ2) is 9.15. The van der Waals surface area contributed by atoms with Crippen LogP contribution in [-0.2, 0) is 9.59 Å². The van der Waals surface area contributed by atoms with Gasteiger partial charge in [0.15, 0.2) is 22.8 Å². The minimum absolute atomic E-state index is 0.246. The van der Waals surface area contributed by atoms with Crippen molar-refractivity contribution in [2.45, 2.75) is 13.0 Å². The maximum atomic E-state index is 12.3. The molecule has 1 amide bonds. The maximum absolute atomic E-state index is 12.3. The normalized spacial score (nSPS) is 17.3. The van der Waals surface area contributed by atoms with Crippen molar-refractivity contribution in [3.05, 3.63) is 57.4 Å². The lowest BCUT2D eigenvalue weighted by Crippen LogP contribution is -2.23. The molecular formula is C20H17BrN2O5S. The van der Waals surface area contributed by atoms with Gasteiger partial charge in [0.05, 0.1) is 17.7 Å². The molecule has 1 heterocycles. The van der Waals surface area contributed by atoms with Crippen molar-refractivity contribution in [2.75, 3.05) is 7.11 Å². The van der Waals surface area contributed by atoms with Gasteiger partial charge in [-0.25, -0.2) is 9.79 Å². The largest absolute Gasteiger partial charge is 0.493 e. The molecule has 3 rings (SSSR count). The molecule has 0 aromatic heterocycles. The first-order chi connectivity index (χ1) is 13.9. The molecule has 2 N–H and O–H groups in total. The van der Waals surface area contributed by atoms with Crippen LogP contribution in [0.15, 0.2) is 56.8 Å². The smallest absolute Gasteiger partial charge is 0.344 e. The quantitative estimate of drug-likeness (QED) is 0.606. The van der Waals surface area contributed by atoms with Crippen molar-refractivity contribution in [3.8, 4) is 11.5 Å². The number of carboxylic acids is 1. The van der Waals surface area contributed by atoms with Crippen LogP contribution < -0.4 is 14.8 Å². The number of carboxylic acid groups (broad SMARTS) is 1. The highest BCUT2D eigenvalue weighted by Gasteiger charge is 2.24. The molecule has 2 aromatic rings. The van der Waals surface area contributed by atoms with Crippen LogP contribution in [-0.4, -0.2) is 35.4 Å². The van der Waals surface area contributed by atoms with E-state index in [1.165, 1.54) is 25.8 Å². The molecule has 1 atom stereocenters. The summed E-state index contributed by atoms with van der Waals surface area (Å²) in [5, 5.41) is 12.2. The van der Waals surface area contributed by atoms with E-state index in [2.05, 4.69) is 26.2 Å². The Labute approximate surface area is 179 Å². The minimum atomic E-state index is -1.07. The first-order valence-corrected chi connectivity index (χ1v) is 10.1. The average molecular weight is 477 g/mol. The molecule has 9 heteroatoms. The van der Waals surface area contributed by atoms with E-state index in [9.17, 15) is 9.59 Å². The lowest BCUT2D eigenvalue weighted by molar-refractivity contribution is -0.144. The third-order valence-corrected chi connectivity index (χ3v) is 5.28. The van der Waals surface area contributed by atoms with Gasteiger partial charge in [0, 0.05) is 4.47 Å². The van der Waals surface area contributed by atoms with Gasteiger partial charge in [0.25, 0.3) is 5.91 Å². The first-order valence-electron chi connectivity index (χ1n) is 8.48. The van der Waals surface area contributed by atoms with Gasteiger partial charge in [-0.1, -0.05) is 22.0 Å². The van der Waals surface area contributed by atoms with Crippen LogP contribution >= 0.6 is 27.7 Å². The first kappa shape index (κ1) is 20.9. The van der Waals surface area contributed by atoms with E-state index < -0.39 is 12.1 Å². The summed E-state index contributed by atoms with van der Waals surface area (Å²) in [6, 6.07) is 12.4. The van der Waals surface area contributed by atoms with Gasteiger partial charge in [0.1, 0.15) is 0 Å². The van der Waals surface area contributed by atoms with Crippen LogP contribution in [0.3, 0.4) is 0 Å². The van der Waals surface area contributed by atoms with Crippen molar-refractivity contribution < 1.29 is 24.2 Å².